The maximum absolute atomic E-state index is 13.1. The summed E-state index contributed by atoms with van der Waals surface area (Å²) in [6, 6.07) is 3.91. The average molecular weight is 323 g/mol. The molecular formula is C13H16F3NO3S. The van der Waals surface area contributed by atoms with Gasteiger partial charge in [-0.3, -0.25) is 0 Å². The van der Waals surface area contributed by atoms with Gasteiger partial charge in [0, 0.05) is 6.54 Å². The zero-order valence-corrected chi connectivity index (χ0v) is 12.2. The highest BCUT2D eigenvalue weighted by Crippen LogP contribution is 2.41. The number of β-amino-alcohol motifs (C(OH)–C–C–N with tert-alkyl or cyclic N) is 1. The van der Waals surface area contributed by atoms with Crippen LogP contribution in [0.4, 0.5) is 13.2 Å². The van der Waals surface area contributed by atoms with Crippen molar-refractivity contribution in [3.05, 3.63) is 35.4 Å². The van der Waals surface area contributed by atoms with Crippen molar-refractivity contribution in [3.63, 3.8) is 0 Å². The van der Waals surface area contributed by atoms with Crippen LogP contribution in [0, 0.1) is 0 Å². The van der Waals surface area contributed by atoms with Gasteiger partial charge in [-0.25, -0.2) is 8.42 Å². The number of halogens is 3. The minimum absolute atomic E-state index is 0.0354. The van der Waals surface area contributed by atoms with Gasteiger partial charge >= 0.3 is 6.18 Å². The fourth-order valence-corrected chi connectivity index (χ4v) is 3.90. The largest absolute Gasteiger partial charge is 0.416 e. The highest BCUT2D eigenvalue weighted by atomic mass is 32.2. The molecule has 0 radical (unpaired) electrons. The number of aliphatic hydroxyl groups excluding tert-OH is 1. The first-order valence-corrected chi connectivity index (χ1v) is 8.11. The Morgan fingerprint density at radius 2 is 1.95 bits per heavy atom. The lowest BCUT2D eigenvalue weighted by molar-refractivity contribution is -0.138. The second-order valence-electron chi connectivity index (χ2n) is 4.96. The summed E-state index contributed by atoms with van der Waals surface area (Å²) in [6.45, 7) is 1.25. The van der Waals surface area contributed by atoms with Crippen LogP contribution in [0.15, 0.2) is 24.3 Å². The van der Waals surface area contributed by atoms with Crippen molar-refractivity contribution in [1.29, 1.82) is 0 Å². The normalized spacial score (nSPS) is 24.4. The zero-order valence-electron chi connectivity index (χ0n) is 11.3. The van der Waals surface area contributed by atoms with E-state index in [0.29, 0.717) is 0 Å². The van der Waals surface area contributed by atoms with Crippen LogP contribution < -0.4 is 0 Å². The maximum Gasteiger partial charge on any atom is 0.416 e. The minimum atomic E-state index is -4.56. The fourth-order valence-electron chi connectivity index (χ4n) is 2.59. The molecule has 8 heteroatoms. The highest BCUT2D eigenvalue weighted by molar-refractivity contribution is 7.89. The van der Waals surface area contributed by atoms with E-state index < -0.39 is 33.9 Å². The van der Waals surface area contributed by atoms with Gasteiger partial charge in [0.2, 0.25) is 10.0 Å². The van der Waals surface area contributed by atoms with Crippen molar-refractivity contribution < 1.29 is 26.7 Å². The molecule has 1 aromatic carbocycles. The van der Waals surface area contributed by atoms with E-state index in [0.717, 1.165) is 10.4 Å². The van der Waals surface area contributed by atoms with Crippen molar-refractivity contribution >= 4 is 10.0 Å². The molecule has 0 aliphatic carbocycles. The molecule has 0 unspecified atom stereocenters. The molecule has 4 nitrogen and oxygen atoms in total. The number of hydrogen-bond acceptors (Lipinski definition) is 3. The fraction of sp³-hybridized carbons (Fsp3) is 0.538. The molecule has 118 valence electrons. The predicted molar refractivity (Wildman–Crippen MR) is 71.0 cm³/mol. The molecule has 21 heavy (non-hydrogen) atoms. The molecule has 1 saturated heterocycles. The summed E-state index contributed by atoms with van der Waals surface area (Å²) in [5.74, 6) is -0.218. The SMILES string of the molecule is CCS(=O)(=O)N1C[C@@H](O)C[C@H]1c1ccccc1C(F)(F)F. The topological polar surface area (TPSA) is 57.6 Å². The predicted octanol–water partition coefficient (Wildman–Crippen LogP) is 2.16. The Balaban J connectivity index is 2.50. The zero-order chi connectivity index (χ0) is 15.8. The van der Waals surface area contributed by atoms with E-state index in [1.165, 1.54) is 25.1 Å². The summed E-state index contributed by atoms with van der Waals surface area (Å²) >= 11 is 0. The van der Waals surface area contributed by atoms with E-state index >= 15 is 0 Å². The lowest BCUT2D eigenvalue weighted by atomic mass is 9.98. The van der Waals surface area contributed by atoms with E-state index in [1.54, 1.807) is 0 Å². The lowest BCUT2D eigenvalue weighted by Gasteiger charge is -2.25. The molecule has 1 heterocycles. The summed E-state index contributed by atoms with van der Waals surface area (Å²) in [7, 11) is -3.68. The monoisotopic (exact) mass is 323 g/mol. The van der Waals surface area contributed by atoms with Crippen LogP contribution in [-0.2, 0) is 16.2 Å². The Morgan fingerprint density at radius 3 is 2.52 bits per heavy atom. The van der Waals surface area contributed by atoms with Crippen LogP contribution in [-0.4, -0.2) is 36.2 Å². The Morgan fingerprint density at radius 1 is 1.33 bits per heavy atom. The smallest absolute Gasteiger partial charge is 0.392 e. The molecule has 2 atom stereocenters. The van der Waals surface area contributed by atoms with Crippen LogP contribution >= 0.6 is 0 Å². The molecule has 0 aromatic heterocycles. The second kappa shape index (κ2) is 5.58. The quantitative estimate of drug-likeness (QED) is 0.927. The molecule has 0 bridgehead atoms. The molecule has 0 spiro atoms. The standard InChI is InChI=1S/C13H16F3NO3S/c1-2-21(19,20)17-8-9(18)7-12(17)10-5-3-4-6-11(10)13(14,15)16/h3-6,9,12,18H,2,7-8H2,1H3/t9-,12-/m0/s1. The van der Waals surface area contributed by atoms with E-state index in [9.17, 15) is 26.7 Å². The Labute approximate surface area is 121 Å². The summed E-state index contributed by atoms with van der Waals surface area (Å²) in [6.07, 6.45) is -5.56. The first kappa shape index (κ1) is 16.3. The molecule has 1 aliphatic heterocycles. The summed E-state index contributed by atoms with van der Waals surface area (Å²) in [4.78, 5) is 0. The van der Waals surface area contributed by atoms with Gasteiger partial charge in [-0.05, 0) is 25.0 Å². The van der Waals surface area contributed by atoms with Gasteiger partial charge in [-0.2, -0.15) is 17.5 Å². The van der Waals surface area contributed by atoms with Gasteiger partial charge in [0.05, 0.1) is 23.5 Å². The third kappa shape index (κ3) is 3.22. The van der Waals surface area contributed by atoms with Gasteiger partial charge in [-0.1, -0.05) is 18.2 Å². The molecule has 1 aliphatic rings. The molecule has 2 rings (SSSR count). The number of hydrogen-bond donors (Lipinski definition) is 1. The molecule has 1 N–H and O–H groups in total. The van der Waals surface area contributed by atoms with Crippen molar-refractivity contribution in [2.75, 3.05) is 12.3 Å². The molecule has 0 saturated carbocycles. The van der Waals surface area contributed by atoms with Crippen LogP contribution in [0.3, 0.4) is 0 Å². The van der Waals surface area contributed by atoms with E-state index in [2.05, 4.69) is 0 Å². The van der Waals surface area contributed by atoms with Gasteiger partial charge in [-0.15, -0.1) is 0 Å². The maximum atomic E-state index is 13.1. The van der Waals surface area contributed by atoms with Crippen LogP contribution in [0.5, 0.6) is 0 Å². The Kier molecular flexibility index (Phi) is 4.32. The second-order valence-corrected chi connectivity index (χ2v) is 7.17. The number of nitrogens with zero attached hydrogens (tertiary/aromatic N) is 1. The number of aliphatic hydroxyl groups is 1. The van der Waals surface area contributed by atoms with Crippen molar-refractivity contribution in [3.8, 4) is 0 Å². The van der Waals surface area contributed by atoms with Crippen molar-refractivity contribution in [1.82, 2.24) is 4.31 Å². The first-order chi connectivity index (χ1) is 9.66. The van der Waals surface area contributed by atoms with E-state index in [-0.39, 0.29) is 24.3 Å². The molecular weight excluding hydrogens is 307 g/mol. The van der Waals surface area contributed by atoms with Crippen molar-refractivity contribution in [2.24, 2.45) is 0 Å². The number of benzene rings is 1. The average Bonchev–Trinajstić information content (AvgIpc) is 2.80. The molecule has 1 aromatic rings. The third-order valence-corrected chi connectivity index (χ3v) is 5.43. The third-order valence-electron chi connectivity index (χ3n) is 3.58. The number of alkyl halides is 3. The Hall–Kier alpha value is -1.12. The molecule has 0 amide bonds. The number of rotatable bonds is 3. The van der Waals surface area contributed by atoms with Crippen LogP contribution in [0.1, 0.15) is 30.5 Å². The van der Waals surface area contributed by atoms with Gasteiger partial charge in [0.25, 0.3) is 0 Å². The van der Waals surface area contributed by atoms with E-state index in [4.69, 9.17) is 0 Å². The molecule has 1 fully saturated rings. The van der Waals surface area contributed by atoms with Crippen LogP contribution in [0.25, 0.3) is 0 Å². The minimum Gasteiger partial charge on any atom is -0.392 e. The van der Waals surface area contributed by atoms with Gasteiger partial charge in [0.1, 0.15) is 0 Å². The first-order valence-electron chi connectivity index (χ1n) is 6.50. The number of sulfonamides is 1. The highest BCUT2D eigenvalue weighted by Gasteiger charge is 2.43. The van der Waals surface area contributed by atoms with Gasteiger partial charge in [0.15, 0.2) is 0 Å². The summed E-state index contributed by atoms with van der Waals surface area (Å²) in [5.41, 5.74) is -0.973. The van der Waals surface area contributed by atoms with Crippen molar-refractivity contribution in [2.45, 2.75) is 31.7 Å². The Bertz CT molecular complexity index is 615. The summed E-state index contributed by atoms with van der Waals surface area (Å²) in [5, 5.41) is 9.70. The lowest BCUT2D eigenvalue weighted by Crippen LogP contribution is -2.33. The van der Waals surface area contributed by atoms with Gasteiger partial charge < -0.3 is 5.11 Å². The summed E-state index contributed by atoms with van der Waals surface area (Å²) < 4.78 is 64.2. The van der Waals surface area contributed by atoms with Crippen LogP contribution in [0.2, 0.25) is 0 Å². The van der Waals surface area contributed by atoms with E-state index in [1.807, 2.05) is 0 Å².